The number of halogens is 3. The predicted octanol–water partition coefficient (Wildman–Crippen LogP) is 1.64. The van der Waals surface area contributed by atoms with Crippen LogP contribution in [0.25, 0.3) is 0 Å². The van der Waals surface area contributed by atoms with Crippen molar-refractivity contribution in [2.45, 2.75) is 25.9 Å². The molecule has 1 aliphatic rings. The standard InChI is InChI=1S/C7H15N.C3H4F3NO/c1-7-4-3-5-8(2)6-7;1-7-2(8)3(4,5)6/h7H,3-6H2,1-2H3;1H3,(H,7,8). The molecule has 0 saturated carbocycles. The SMILES string of the molecule is CC1CCCN(C)C1.CNC(=O)C(F)(F)F. The van der Waals surface area contributed by atoms with E-state index in [1.165, 1.54) is 31.2 Å². The van der Waals surface area contributed by atoms with Crippen molar-refractivity contribution in [3.8, 4) is 0 Å². The first-order valence-electron chi connectivity index (χ1n) is 5.24. The van der Waals surface area contributed by atoms with Gasteiger partial charge in [0.15, 0.2) is 0 Å². The van der Waals surface area contributed by atoms with Crippen molar-refractivity contribution in [3.63, 3.8) is 0 Å². The molecule has 96 valence electrons. The highest BCUT2D eigenvalue weighted by atomic mass is 19.4. The Morgan fingerprint density at radius 2 is 2.00 bits per heavy atom. The summed E-state index contributed by atoms with van der Waals surface area (Å²) in [6.45, 7) is 4.94. The average Bonchev–Trinajstić information content (AvgIpc) is 2.15. The lowest BCUT2D eigenvalue weighted by molar-refractivity contribution is -0.172. The number of amides is 1. The lowest BCUT2D eigenvalue weighted by Gasteiger charge is -2.26. The van der Waals surface area contributed by atoms with Gasteiger partial charge in [-0.2, -0.15) is 13.2 Å². The monoisotopic (exact) mass is 240 g/mol. The second-order valence-electron chi connectivity index (χ2n) is 4.09. The van der Waals surface area contributed by atoms with Crippen LogP contribution in [0.2, 0.25) is 0 Å². The second-order valence-corrected chi connectivity index (χ2v) is 4.09. The minimum atomic E-state index is -4.74. The number of carbonyl (C=O) groups excluding carboxylic acids is 1. The molecule has 0 aromatic rings. The summed E-state index contributed by atoms with van der Waals surface area (Å²) in [6, 6.07) is 0. The van der Waals surface area contributed by atoms with Gasteiger partial charge < -0.3 is 10.2 Å². The lowest BCUT2D eigenvalue weighted by Crippen LogP contribution is -2.33. The van der Waals surface area contributed by atoms with E-state index in [4.69, 9.17) is 0 Å². The van der Waals surface area contributed by atoms with E-state index in [2.05, 4.69) is 18.9 Å². The van der Waals surface area contributed by atoms with Gasteiger partial charge in [-0.1, -0.05) is 6.92 Å². The molecule has 1 rings (SSSR count). The maximum Gasteiger partial charge on any atom is 0.471 e. The highest BCUT2D eigenvalue weighted by Crippen LogP contribution is 2.13. The maximum absolute atomic E-state index is 11.0. The highest BCUT2D eigenvalue weighted by Gasteiger charge is 2.37. The Morgan fingerprint density at radius 1 is 1.44 bits per heavy atom. The van der Waals surface area contributed by atoms with Gasteiger partial charge in [0.05, 0.1) is 0 Å². The van der Waals surface area contributed by atoms with Crippen LogP contribution in [-0.4, -0.2) is 44.2 Å². The Hall–Kier alpha value is -0.780. The Kier molecular flexibility index (Phi) is 6.40. The summed E-state index contributed by atoms with van der Waals surface area (Å²) < 4.78 is 33.1. The third-order valence-corrected chi connectivity index (χ3v) is 2.34. The van der Waals surface area contributed by atoms with Crippen LogP contribution in [0.1, 0.15) is 19.8 Å². The number of piperidine rings is 1. The van der Waals surface area contributed by atoms with Gasteiger partial charge in [0.1, 0.15) is 0 Å². The van der Waals surface area contributed by atoms with E-state index in [0.29, 0.717) is 0 Å². The fraction of sp³-hybridized carbons (Fsp3) is 0.900. The summed E-state index contributed by atoms with van der Waals surface area (Å²) in [4.78, 5) is 12.0. The van der Waals surface area contributed by atoms with Crippen LogP contribution in [0.5, 0.6) is 0 Å². The first-order chi connectivity index (χ1) is 7.27. The van der Waals surface area contributed by atoms with Gasteiger partial charge in [-0.05, 0) is 32.4 Å². The number of hydrogen-bond acceptors (Lipinski definition) is 2. The predicted molar refractivity (Wildman–Crippen MR) is 56.0 cm³/mol. The van der Waals surface area contributed by atoms with Gasteiger partial charge in [0.2, 0.25) is 0 Å². The zero-order valence-electron chi connectivity index (χ0n) is 9.90. The zero-order chi connectivity index (χ0) is 12.8. The maximum atomic E-state index is 11.0. The summed E-state index contributed by atoms with van der Waals surface area (Å²) in [5, 5.41) is 1.44. The fourth-order valence-electron chi connectivity index (χ4n) is 1.57. The van der Waals surface area contributed by atoms with Crippen LogP contribution in [0.15, 0.2) is 0 Å². The number of alkyl halides is 3. The molecule has 0 aromatic carbocycles. The van der Waals surface area contributed by atoms with Gasteiger partial charge in [-0.3, -0.25) is 4.79 Å². The van der Waals surface area contributed by atoms with E-state index < -0.39 is 12.1 Å². The molecule has 0 aromatic heterocycles. The topological polar surface area (TPSA) is 32.3 Å². The van der Waals surface area contributed by atoms with Gasteiger partial charge in [0, 0.05) is 13.6 Å². The minimum Gasteiger partial charge on any atom is -0.351 e. The average molecular weight is 240 g/mol. The number of carbonyl (C=O) groups is 1. The molecule has 1 atom stereocenters. The van der Waals surface area contributed by atoms with Crippen molar-refractivity contribution >= 4 is 5.91 Å². The molecule has 1 aliphatic heterocycles. The van der Waals surface area contributed by atoms with Crippen LogP contribution >= 0.6 is 0 Å². The largest absolute Gasteiger partial charge is 0.471 e. The van der Waals surface area contributed by atoms with Crippen molar-refractivity contribution in [3.05, 3.63) is 0 Å². The third kappa shape index (κ3) is 6.66. The summed E-state index contributed by atoms with van der Waals surface area (Å²) in [7, 11) is 3.13. The second kappa shape index (κ2) is 6.73. The van der Waals surface area contributed by atoms with E-state index in [1.807, 2.05) is 0 Å². The van der Waals surface area contributed by atoms with Crippen LogP contribution in [0.4, 0.5) is 13.2 Å². The highest BCUT2D eigenvalue weighted by molar-refractivity contribution is 5.81. The fourth-order valence-corrected chi connectivity index (χ4v) is 1.57. The molecule has 0 spiro atoms. The van der Waals surface area contributed by atoms with Crippen molar-refractivity contribution < 1.29 is 18.0 Å². The molecule has 1 amide bonds. The molecule has 6 heteroatoms. The third-order valence-electron chi connectivity index (χ3n) is 2.34. The van der Waals surface area contributed by atoms with Gasteiger partial charge in [0.25, 0.3) is 0 Å². The molecule has 0 radical (unpaired) electrons. The van der Waals surface area contributed by atoms with Crippen LogP contribution < -0.4 is 5.32 Å². The van der Waals surface area contributed by atoms with Crippen molar-refractivity contribution in [1.82, 2.24) is 10.2 Å². The Labute approximate surface area is 94.0 Å². The minimum absolute atomic E-state index is 0.926. The lowest BCUT2D eigenvalue weighted by atomic mass is 10.0. The van der Waals surface area contributed by atoms with E-state index in [9.17, 15) is 18.0 Å². The Balaban J connectivity index is 0.000000281. The van der Waals surface area contributed by atoms with E-state index in [1.54, 1.807) is 0 Å². The molecule has 3 nitrogen and oxygen atoms in total. The molecular formula is C10H19F3N2O. The zero-order valence-corrected chi connectivity index (χ0v) is 9.90. The summed E-state index contributed by atoms with van der Waals surface area (Å²) in [5.74, 6) is -0.980. The van der Waals surface area contributed by atoms with Gasteiger partial charge >= 0.3 is 12.1 Å². The number of likely N-dealkylation sites (tertiary alicyclic amines) is 1. The molecular weight excluding hydrogens is 221 g/mol. The number of nitrogens with zero attached hydrogens (tertiary/aromatic N) is 1. The Bertz CT molecular complexity index is 211. The molecule has 1 saturated heterocycles. The van der Waals surface area contributed by atoms with Gasteiger partial charge in [-0.15, -0.1) is 0 Å². The normalized spacial score (nSPS) is 22.0. The van der Waals surface area contributed by atoms with Crippen molar-refractivity contribution in [2.75, 3.05) is 27.2 Å². The molecule has 1 unspecified atom stereocenters. The van der Waals surface area contributed by atoms with Gasteiger partial charge in [-0.25, -0.2) is 0 Å². The molecule has 0 bridgehead atoms. The molecule has 16 heavy (non-hydrogen) atoms. The van der Waals surface area contributed by atoms with Crippen molar-refractivity contribution in [1.29, 1.82) is 0 Å². The molecule has 1 fully saturated rings. The van der Waals surface area contributed by atoms with Crippen LogP contribution in [0.3, 0.4) is 0 Å². The first-order valence-corrected chi connectivity index (χ1v) is 5.24. The summed E-state index contributed by atoms with van der Waals surface area (Å²) >= 11 is 0. The molecule has 0 aliphatic carbocycles. The number of rotatable bonds is 0. The van der Waals surface area contributed by atoms with Crippen LogP contribution in [0, 0.1) is 5.92 Å². The molecule has 1 heterocycles. The van der Waals surface area contributed by atoms with E-state index >= 15 is 0 Å². The Morgan fingerprint density at radius 3 is 2.19 bits per heavy atom. The molecule has 1 N–H and O–H groups in total. The number of nitrogens with one attached hydrogen (secondary N) is 1. The van der Waals surface area contributed by atoms with Crippen LogP contribution in [-0.2, 0) is 4.79 Å². The smallest absolute Gasteiger partial charge is 0.351 e. The quantitative estimate of drug-likeness (QED) is 0.698. The van der Waals surface area contributed by atoms with E-state index in [0.717, 1.165) is 13.0 Å². The first kappa shape index (κ1) is 15.2. The summed E-state index contributed by atoms with van der Waals surface area (Å²) in [5.41, 5.74) is 0. The van der Waals surface area contributed by atoms with E-state index in [-0.39, 0.29) is 0 Å². The summed E-state index contributed by atoms with van der Waals surface area (Å²) in [6.07, 6.45) is -1.91. The van der Waals surface area contributed by atoms with Crippen molar-refractivity contribution in [2.24, 2.45) is 5.92 Å². The number of hydrogen-bond donors (Lipinski definition) is 1.